The van der Waals surface area contributed by atoms with E-state index >= 15 is 0 Å². The average molecular weight is 149 g/mol. The molecular formula is C10H15N. The van der Waals surface area contributed by atoms with Crippen LogP contribution in [0.2, 0.25) is 0 Å². The summed E-state index contributed by atoms with van der Waals surface area (Å²) < 4.78 is 0. The van der Waals surface area contributed by atoms with E-state index in [1.54, 1.807) is 0 Å². The number of rotatable bonds is 0. The van der Waals surface area contributed by atoms with Crippen molar-refractivity contribution < 1.29 is 0 Å². The smallest absolute Gasteiger partial charge is 0.0664 e. The molecule has 0 heterocycles. The number of allylic oxidation sites excluding steroid dienone is 2. The lowest BCUT2D eigenvalue weighted by Crippen LogP contribution is -2.21. The topological polar surface area (TPSA) is 23.8 Å². The summed E-state index contributed by atoms with van der Waals surface area (Å²) in [5.74, 6) is 1.22. The summed E-state index contributed by atoms with van der Waals surface area (Å²) in [6, 6.07) is 2.38. The van der Waals surface area contributed by atoms with Crippen molar-refractivity contribution in [2.45, 2.75) is 27.2 Å². The minimum absolute atomic E-state index is 0.235. The molecule has 0 aromatic rings. The van der Waals surface area contributed by atoms with Crippen LogP contribution >= 0.6 is 0 Å². The Hall–Kier alpha value is -0.770. The van der Waals surface area contributed by atoms with E-state index in [9.17, 15) is 0 Å². The van der Waals surface area contributed by atoms with Gasteiger partial charge in [-0.3, -0.25) is 0 Å². The summed E-state index contributed by atoms with van der Waals surface area (Å²) >= 11 is 0. The largest absolute Gasteiger partial charge is 0.198 e. The zero-order valence-corrected chi connectivity index (χ0v) is 7.46. The maximum atomic E-state index is 8.84. The highest BCUT2D eigenvalue weighted by Gasteiger charge is 2.25. The fraction of sp³-hybridized carbons (Fsp3) is 0.700. The number of nitriles is 1. The highest BCUT2D eigenvalue weighted by atomic mass is 14.3. The van der Waals surface area contributed by atoms with Crippen LogP contribution in [0.5, 0.6) is 0 Å². The van der Waals surface area contributed by atoms with E-state index in [2.05, 4.69) is 32.9 Å². The second kappa shape index (κ2) is 3.09. The minimum atomic E-state index is 0.235. The lowest BCUT2D eigenvalue weighted by atomic mass is 9.76. The summed E-state index contributed by atoms with van der Waals surface area (Å²) in [5.41, 5.74) is 1.44. The van der Waals surface area contributed by atoms with Crippen molar-refractivity contribution in [1.29, 1.82) is 5.26 Å². The molecule has 0 spiro atoms. The molecule has 1 nitrogen and oxygen atoms in total. The van der Waals surface area contributed by atoms with Gasteiger partial charge in [-0.15, -0.1) is 0 Å². The van der Waals surface area contributed by atoms with Gasteiger partial charge in [-0.25, -0.2) is 0 Å². The van der Waals surface area contributed by atoms with Gasteiger partial charge in [0.25, 0.3) is 0 Å². The molecule has 0 aromatic heterocycles. The third-order valence-corrected chi connectivity index (χ3v) is 2.52. The minimum Gasteiger partial charge on any atom is -0.198 e. The Kier molecular flexibility index (Phi) is 2.34. The van der Waals surface area contributed by atoms with Gasteiger partial charge in [0, 0.05) is 0 Å². The summed E-state index contributed by atoms with van der Waals surface area (Å²) in [4.78, 5) is 0. The van der Waals surface area contributed by atoms with Gasteiger partial charge in [0.15, 0.2) is 0 Å². The monoisotopic (exact) mass is 149 g/mol. The van der Waals surface area contributed by atoms with Crippen LogP contribution in [0.4, 0.5) is 0 Å². The maximum absolute atomic E-state index is 8.84. The normalized spacial score (nSPS) is 37.6. The highest BCUT2D eigenvalue weighted by molar-refractivity contribution is 5.12. The van der Waals surface area contributed by atoms with E-state index in [-0.39, 0.29) is 5.92 Å². The maximum Gasteiger partial charge on any atom is 0.0664 e. The van der Waals surface area contributed by atoms with Crippen LogP contribution in [0.15, 0.2) is 11.6 Å². The Labute approximate surface area is 68.7 Å². The number of hydrogen-bond acceptors (Lipinski definition) is 1. The van der Waals surface area contributed by atoms with E-state index in [0.29, 0.717) is 11.8 Å². The molecule has 11 heavy (non-hydrogen) atoms. The SMILES string of the molecule is CC1=C[C@@H](C)[C@H](C#N)[C@H](C)C1. The standard InChI is InChI=1S/C10H15N/c1-7-4-8(2)10(6-11)9(3)5-7/h4,8-10H,5H2,1-3H3/t8-,9-,10+/m1/s1. The summed E-state index contributed by atoms with van der Waals surface area (Å²) in [5, 5.41) is 8.84. The molecule has 0 fully saturated rings. The van der Waals surface area contributed by atoms with Crippen molar-refractivity contribution in [2.24, 2.45) is 17.8 Å². The van der Waals surface area contributed by atoms with E-state index < -0.39 is 0 Å². The van der Waals surface area contributed by atoms with Crippen LogP contribution in [0.3, 0.4) is 0 Å². The van der Waals surface area contributed by atoms with Gasteiger partial charge in [0.1, 0.15) is 0 Å². The second-order valence-electron chi connectivity index (χ2n) is 3.71. The van der Waals surface area contributed by atoms with Crippen molar-refractivity contribution in [2.75, 3.05) is 0 Å². The van der Waals surface area contributed by atoms with Crippen LogP contribution in [0, 0.1) is 29.1 Å². The Morgan fingerprint density at radius 2 is 2.18 bits per heavy atom. The average Bonchev–Trinajstić information content (AvgIpc) is 1.85. The Morgan fingerprint density at radius 1 is 1.55 bits per heavy atom. The molecule has 0 radical (unpaired) electrons. The Balaban J connectivity index is 2.79. The van der Waals surface area contributed by atoms with Crippen LogP contribution in [-0.2, 0) is 0 Å². The Bertz CT molecular complexity index is 209. The number of hydrogen-bond donors (Lipinski definition) is 0. The molecule has 60 valence electrons. The molecule has 0 aromatic carbocycles. The first kappa shape index (κ1) is 8.33. The molecule has 1 heteroatoms. The third-order valence-electron chi connectivity index (χ3n) is 2.52. The van der Waals surface area contributed by atoms with Gasteiger partial charge < -0.3 is 0 Å². The zero-order chi connectivity index (χ0) is 8.43. The zero-order valence-electron chi connectivity index (χ0n) is 7.46. The van der Waals surface area contributed by atoms with E-state index in [4.69, 9.17) is 5.26 Å². The first-order chi connectivity index (χ1) is 5.15. The molecule has 0 bridgehead atoms. The van der Waals surface area contributed by atoms with Gasteiger partial charge in [-0.05, 0) is 25.2 Å². The van der Waals surface area contributed by atoms with Crippen molar-refractivity contribution in [1.82, 2.24) is 0 Å². The molecule has 0 saturated carbocycles. The molecule has 0 N–H and O–H groups in total. The molecule has 1 aliphatic rings. The summed E-state index contributed by atoms with van der Waals surface area (Å²) in [7, 11) is 0. The van der Waals surface area contributed by atoms with Crippen molar-refractivity contribution in [3.63, 3.8) is 0 Å². The highest BCUT2D eigenvalue weighted by Crippen LogP contribution is 2.32. The third kappa shape index (κ3) is 1.63. The fourth-order valence-corrected chi connectivity index (χ4v) is 2.02. The first-order valence-corrected chi connectivity index (χ1v) is 4.22. The van der Waals surface area contributed by atoms with Gasteiger partial charge in [0.2, 0.25) is 0 Å². The molecule has 0 saturated heterocycles. The molecular weight excluding hydrogens is 134 g/mol. The predicted octanol–water partition coefficient (Wildman–Crippen LogP) is 2.75. The second-order valence-corrected chi connectivity index (χ2v) is 3.71. The van der Waals surface area contributed by atoms with E-state index in [1.807, 2.05) is 0 Å². The molecule has 1 rings (SSSR count). The van der Waals surface area contributed by atoms with Gasteiger partial charge >= 0.3 is 0 Å². The molecule has 3 atom stereocenters. The van der Waals surface area contributed by atoms with Gasteiger partial charge in [-0.2, -0.15) is 5.26 Å². The van der Waals surface area contributed by atoms with Crippen LogP contribution < -0.4 is 0 Å². The predicted molar refractivity (Wildman–Crippen MR) is 45.8 cm³/mol. The van der Waals surface area contributed by atoms with Crippen molar-refractivity contribution in [3.8, 4) is 6.07 Å². The lowest BCUT2D eigenvalue weighted by molar-refractivity contribution is 0.342. The van der Waals surface area contributed by atoms with Crippen molar-refractivity contribution in [3.05, 3.63) is 11.6 Å². The van der Waals surface area contributed by atoms with Gasteiger partial charge in [0.05, 0.1) is 12.0 Å². The molecule has 0 amide bonds. The van der Waals surface area contributed by atoms with E-state index in [0.717, 1.165) is 6.42 Å². The van der Waals surface area contributed by atoms with Crippen LogP contribution in [0.25, 0.3) is 0 Å². The van der Waals surface area contributed by atoms with Gasteiger partial charge in [-0.1, -0.05) is 25.5 Å². The Morgan fingerprint density at radius 3 is 2.64 bits per heavy atom. The first-order valence-electron chi connectivity index (χ1n) is 4.22. The molecule has 0 aliphatic heterocycles. The van der Waals surface area contributed by atoms with Crippen molar-refractivity contribution >= 4 is 0 Å². The van der Waals surface area contributed by atoms with Crippen LogP contribution in [-0.4, -0.2) is 0 Å². The number of nitrogens with zero attached hydrogens (tertiary/aromatic N) is 1. The quantitative estimate of drug-likeness (QED) is 0.486. The van der Waals surface area contributed by atoms with Crippen LogP contribution in [0.1, 0.15) is 27.2 Å². The van der Waals surface area contributed by atoms with E-state index in [1.165, 1.54) is 5.57 Å². The summed E-state index contributed by atoms with van der Waals surface area (Å²) in [6.45, 7) is 6.45. The lowest BCUT2D eigenvalue weighted by Gasteiger charge is -2.27. The fourth-order valence-electron chi connectivity index (χ4n) is 2.02. The molecule has 0 unspecified atom stereocenters. The molecule has 1 aliphatic carbocycles. The summed E-state index contributed by atoms with van der Waals surface area (Å²) in [6.07, 6.45) is 3.33.